The summed E-state index contributed by atoms with van der Waals surface area (Å²) in [5.41, 5.74) is 1.09. The van der Waals surface area contributed by atoms with E-state index in [9.17, 15) is 0 Å². The predicted molar refractivity (Wildman–Crippen MR) is 135 cm³/mol. The van der Waals surface area contributed by atoms with Gasteiger partial charge < -0.3 is 34.5 Å². The summed E-state index contributed by atoms with van der Waals surface area (Å²) in [5, 5.41) is 19.8. The number of tetrazole rings is 1. The number of hydrogen-bond donors (Lipinski definition) is 2. The number of aromatic nitrogens is 4. The Morgan fingerprint density at radius 2 is 1.86 bits per heavy atom. The number of anilines is 1. The molecule has 1 saturated carbocycles. The summed E-state index contributed by atoms with van der Waals surface area (Å²) in [7, 11) is 0. The molecule has 4 fully saturated rings. The van der Waals surface area contributed by atoms with Gasteiger partial charge in [-0.2, -0.15) is 4.68 Å². The Bertz CT molecular complexity index is 1040. The summed E-state index contributed by atoms with van der Waals surface area (Å²) in [4.78, 5) is 2.28. The van der Waals surface area contributed by atoms with Crippen molar-refractivity contribution in [1.29, 1.82) is 0 Å². The first-order chi connectivity index (χ1) is 17.7. The van der Waals surface area contributed by atoms with Crippen molar-refractivity contribution in [3.63, 3.8) is 0 Å². The minimum atomic E-state index is -0.189. The molecule has 2 N–H and O–H groups in total. The number of fused-ring (bicyclic) bond motifs is 1. The van der Waals surface area contributed by atoms with Gasteiger partial charge in [-0.15, -0.1) is 0 Å². The summed E-state index contributed by atoms with van der Waals surface area (Å²) in [6, 6.07) is 8.53. The van der Waals surface area contributed by atoms with Gasteiger partial charge in [0.1, 0.15) is 24.0 Å². The zero-order valence-corrected chi connectivity index (χ0v) is 21.1. The average Bonchev–Trinajstić information content (AvgIpc) is 3.63. The molecule has 0 bridgehead atoms. The molecule has 4 heterocycles. The van der Waals surface area contributed by atoms with Crippen molar-refractivity contribution in [2.24, 2.45) is 0 Å². The maximum Gasteiger partial charge on any atom is 0.341 e. The highest BCUT2D eigenvalue weighted by atomic mass is 32.1. The van der Waals surface area contributed by atoms with Crippen molar-refractivity contribution in [2.45, 2.75) is 62.4 Å². The Kier molecular flexibility index (Phi) is 7.17. The second-order valence-electron chi connectivity index (χ2n) is 9.83. The number of nitrogens with zero attached hydrogens (tertiary/aromatic N) is 5. The van der Waals surface area contributed by atoms with E-state index in [-0.39, 0.29) is 24.3 Å². The average molecular weight is 516 g/mol. The van der Waals surface area contributed by atoms with Crippen molar-refractivity contribution in [1.82, 2.24) is 30.8 Å². The SMILES string of the molecule is S=C(NC1CCCCC1)N[C@H]1CO[C@H]2[C@@H]1OC[C@@H]2n1nnnc1Oc1cccc(N2CCOCC2)c1. The van der Waals surface area contributed by atoms with E-state index in [1.54, 1.807) is 4.68 Å². The lowest BCUT2D eigenvalue weighted by Crippen LogP contribution is -2.50. The van der Waals surface area contributed by atoms with E-state index in [1.165, 1.54) is 32.1 Å². The topological polar surface area (TPSA) is 108 Å². The lowest BCUT2D eigenvalue weighted by molar-refractivity contribution is 0.0614. The molecular weight excluding hydrogens is 482 g/mol. The van der Waals surface area contributed by atoms with E-state index in [2.05, 4.69) is 37.1 Å². The van der Waals surface area contributed by atoms with Gasteiger partial charge in [-0.1, -0.05) is 30.4 Å². The summed E-state index contributed by atoms with van der Waals surface area (Å²) in [6.45, 7) is 4.12. The summed E-state index contributed by atoms with van der Waals surface area (Å²) < 4.78 is 25.6. The Morgan fingerprint density at radius 3 is 2.72 bits per heavy atom. The quantitative estimate of drug-likeness (QED) is 0.550. The van der Waals surface area contributed by atoms with Crippen LogP contribution in [0.25, 0.3) is 0 Å². The molecule has 36 heavy (non-hydrogen) atoms. The monoisotopic (exact) mass is 515 g/mol. The van der Waals surface area contributed by atoms with E-state index in [4.69, 9.17) is 31.2 Å². The van der Waals surface area contributed by atoms with Crippen LogP contribution in [0.2, 0.25) is 0 Å². The Labute approximate surface area is 215 Å². The second kappa shape index (κ2) is 10.8. The standard InChI is InChI=1S/C24H33N7O4S/c36-23(25-16-5-2-1-3-6-16)26-19-14-33-22-20(15-34-21(19)22)31-24(27-28-29-31)35-18-8-4-7-17(13-18)30-9-11-32-12-10-30/h4,7-8,13,16,19-22H,1-3,5-6,9-12,14-15H2,(H2,25,26,36)/t19-,20-,21+,22+/m0/s1. The van der Waals surface area contributed by atoms with E-state index in [0.29, 0.717) is 36.1 Å². The predicted octanol–water partition coefficient (Wildman–Crippen LogP) is 1.81. The van der Waals surface area contributed by atoms with Crippen molar-refractivity contribution in [3.05, 3.63) is 24.3 Å². The Balaban J connectivity index is 1.09. The highest BCUT2D eigenvalue weighted by Crippen LogP contribution is 2.36. The normalized spacial score (nSPS) is 28.6. The molecular formula is C24H33N7O4S. The highest BCUT2D eigenvalue weighted by Gasteiger charge is 2.50. The summed E-state index contributed by atoms with van der Waals surface area (Å²) in [6.07, 6.45) is 5.85. The van der Waals surface area contributed by atoms with Gasteiger partial charge in [0, 0.05) is 30.9 Å². The summed E-state index contributed by atoms with van der Waals surface area (Å²) >= 11 is 5.59. The van der Waals surface area contributed by atoms with Crippen LogP contribution in [0.1, 0.15) is 38.1 Å². The molecule has 0 unspecified atom stereocenters. The van der Waals surface area contributed by atoms with Gasteiger partial charge in [0.05, 0.1) is 32.5 Å². The molecule has 0 spiro atoms. The van der Waals surface area contributed by atoms with Crippen molar-refractivity contribution < 1.29 is 18.9 Å². The van der Waals surface area contributed by atoms with Crippen molar-refractivity contribution in [3.8, 4) is 11.8 Å². The first-order valence-electron chi connectivity index (χ1n) is 12.9. The molecule has 1 aliphatic carbocycles. The fraction of sp³-hybridized carbons (Fsp3) is 0.667. The van der Waals surface area contributed by atoms with Gasteiger partial charge in [-0.3, -0.25) is 0 Å². The molecule has 12 heteroatoms. The molecule has 194 valence electrons. The van der Waals surface area contributed by atoms with Crippen LogP contribution in [0.5, 0.6) is 11.8 Å². The lowest BCUT2D eigenvalue weighted by atomic mass is 9.96. The third-order valence-electron chi connectivity index (χ3n) is 7.46. The van der Waals surface area contributed by atoms with Crippen LogP contribution in [-0.2, 0) is 14.2 Å². The largest absolute Gasteiger partial charge is 0.423 e. The second-order valence-corrected chi connectivity index (χ2v) is 10.2. The number of rotatable bonds is 6. The fourth-order valence-electron chi connectivity index (χ4n) is 5.59. The molecule has 2 aromatic rings. The molecule has 4 aliphatic rings. The maximum absolute atomic E-state index is 6.16. The Morgan fingerprint density at radius 1 is 1.03 bits per heavy atom. The molecule has 3 saturated heterocycles. The maximum atomic E-state index is 6.16. The highest BCUT2D eigenvalue weighted by molar-refractivity contribution is 7.80. The minimum absolute atomic E-state index is 0.0188. The third kappa shape index (κ3) is 5.13. The van der Waals surface area contributed by atoms with Gasteiger partial charge >= 0.3 is 6.01 Å². The number of morpholine rings is 1. The number of nitrogens with one attached hydrogen (secondary N) is 2. The fourth-order valence-corrected chi connectivity index (χ4v) is 5.90. The lowest BCUT2D eigenvalue weighted by Gasteiger charge is -2.29. The zero-order chi connectivity index (χ0) is 24.3. The number of benzene rings is 1. The van der Waals surface area contributed by atoms with Crippen LogP contribution >= 0.6 is 12.2 Å². The number of thiocarbonyl (C=S) groups is 1. The minimum Gasteiger partial charge on any atom is -0.423 e. The van der Waals surface area contributed by atoms with Crippen LogP contribution < -0.4 is 20.3 Å². The van der Waals surface area contributed by atoms with Crippen LogP contribution in [0.15, 0.2) is 24.3 Å². The molecule has 6 rings (SSSR count). The van der Waals surface area contributed by atoms with Crippen LogP contribution in [0.3, 0.4) is 0 Å². The first kappa shape index (κ1) is 23.8. The number of ether oxygens (including phenoxy) is 4. The molecule has 1 aromatic carbocycles. The van der Waals surface area contributed by atoms with Gasteiger partial charge in [0.15, 0.2) is 5.11 Å². The summed E-state index contributed by atoms with van der Waals surface area (Å²) in [5.74, 6) is 0.677. The Hall–Kier alpha value is -2.54. The number of hydrogen-bond acceptors (Lipinski definition) is 9. The zero-order valence-electron chi connectivity index (χ0n) is 20.3. The van der Waals surface area contributed by atoms with Crippen LogP contribution in [0.4, 0.5) is 5.69 Å². The van der Waals surface area contributed by atoms with Gasteiger partial charge in [0.25, 0.3) is 0 Å². The van der Waals surface area contributed by atoms with Gasteiger partial charge in [0.2, 0.25) is 0 Å². The first-order valence-corrected chi connectivity index (χ1v) is 13.3. The molecule has 4 atom stereocenters. The molecule has 1 aromatic heterocycles. The van der Waals surface area contributed by atoms with Crippen LogP contribution in [-0.4, -0.2) is 89.1 Å². The molecule has 0 amide bonds. The van der Waals surface area contributed by atoms with Crippen molar-refractivity contribution >= 4 is 23.0 Å². The van der Waals surface area contributed by atoms with Gasteiger partial charge in [-0.05, 0) is 47.6 Å². The van der Waals surface area contributed by atoms with Crippen molar-refractivity contribution in [2.75, 3.05) is 44.4 Å². The van der Waals surface area contributed by atoms with E-state index in [1.807, 2.05) is 18.2 Å². The van der Waals surface area contributed by atoms with E-state index >= 15 is 0 Å². The van der Waals surface area contributed by atoms with E-state index in [0.717, 1.165) is 32.0 Å². The molecule has 11 nitrogen and oxygen atoms in total. The van der Waals surface area contributed by atoms with Crippen LogP contribution in [0, 0.1) is 0 Å². The van der Waals surface area contributed by atoms with E-state index < -0.39 is 0 Å². The third-order valence-corrected chi connectivity index (χ3v) is 7.70. The smallest absolute Gasteiger partial charge is 0.341 e. The molecule has 3 aliphatic heterocycles. The molecule has 0 radical (unpaired) electrons. The van der Waals surface area contributed by atoms with Gasteiger partial charge in [-0.25, -0.2) is 0 Å².